The summed E-state index contributed by atoms with van der Waals surface area (Å²) in [5.41, 5.74) is 11.1. The van der Waals surface area contributed by atoms with Crippen molar-refractivity contribution in [1.82, 2.24) is 5.16 Å². The van der Waals surface area contributed by atoms with Gasteiger partial charge in [0, 0.05) is 11.4 Å². The zero-order valence-corrected chi connectivity index (χ0v) is 14.7. The van der Waals surface area contributed by atoms with Crippen molar-refractivity contribution < 1.29 is 9.32 Å². The van der Waals surface area contributed by atoms with Crippen LogP contribution in [0.5, 0.6) is 0 Å². The summed E-state index contributed by atoms with van der Waals surface area (Å²) in [7, 11) is 0. The van der Waals surface area contributed by atoms with E-state index in [2.05, 4.69) is 15.8 Å². The molecule has 4 aromatic rings. The Kier molecular flexibility index (Phi) is 4.22. The van der Waals surface area contributed by atoms with Gasteiger partial charge in [-0.25, -0.2) is 4.79 Å². The molecule has 0 aliphatic carbocycles. The first-order valence-electron chi connectivity index (χ1n) is 8.49. The number of hydrogen-bond acceptors (Lipinski definition) is 4. The van der Waals surface area contributed by atoms with Gasteiger partial charge in [0.1, 0.15) is 5.52 Å². The van der Waals surface area contributed by atoms with Crippen LogP contribution in [-0.4, -0.2) is 11.2 Å². The molecule has 0 unspecified atom stereocenters. The van der Waals surface area contributed by atoms with Crippen LogP contribution in [0, 0.1) is 6.92 Å². The van der Waals surface area contributed by atoms with Gasteiger partial charge >= 0.3 is 6.03 Å². The number of hydrogen-bond donors (Lipinski definition) is 3. The van der Waals surface area contributed by atoms with E-state index in [-0.39, 0.29) is 6.03 Å². The summed E-state index contributed by atoms with van der Waals surface area (Å²) < 4.78 is 5.08. The highest BCUT2D eigenvalue weighted by molar-refractivity contribution is 6.02. The Labute approximate surface area is 156 Å². The highest BCUT2D eigenvalue weighted by Gasteiger charge is 2.11. The highest BCUT2D eigenvalue weighted by atomic mass is 16.5. The predicted octanol–water partition coefficient (Wildman–Crippen LogP) is 5.03. The Hall–Kier alpha value is -3.80. The fourth-order valence-corrected chi connectivity index (χ4v) is 2.92. The van der Waals surface area contributed by atoms with Crippen LogP contribution in [0.4, 0.5) is 22.1 Å². The van der Waals surface area contributed by atoms with Gasteiger partial charge in [-0.05, 0) is 48.4 Å². The monoisotopic (exact) mass is 358 g/mol. The molecule has 0 saturated carbocycles. The van der Waals surface area contributed by atoms with E-state index in [4.69, 9.17) is 10.3 Å². The molecule has 0 spiro atoms. The topological polar surface area (TPSA) is 93.2 Å². The largest absolute Gasteiger partial charge is 0.367 e. The predicted molar refractivity (Wildman–Crippen MR) is 108 cm³/mol. The lowest BCUT2D eigenvalue weighted by Crippen LogP contribution is -2.19. The third-order valence-electron chi connectivity index (χ3n) is 4.29. The molecule has 0 atom stereocenters. The van der Waals surface area contributed by atoms with E-state index in [9.17, 15) is 4.79 Å². The highest BCUT2D eigenvalue weighted by Crippen LogP contribution is 2.32. The molecule has 0 aliphatic rings. The Balaban J connectivity index is 1.51. The van der Waals surface area contributed by atoms with Gasteiger partial charge in [-0.1, -0.05) is 47.1 Å². The number of benzene rings is 3. The fourth-order valence-electron chi connectivity index (χ4n) is 2.92. The molecule has 1 heterocycles. The number of carbonyl (C=O) groups excluding carboxylic acids is 1. The quantitative estimate of drug-likeness (QED) is 0.479. The molecule has 3 aromatic carbocycles. The first kappa shape index (κ1) is 16.7. The van der Waals surface area contributed by atoms with Gasteiger partial charge in [-0.15, -0.1) is 0 Å². The van der Waals surface area contributed by atoms with Crippen LogP contribution >= 0.6 is 0 Å². The molecule has 0 bridgehead atoms. The molecule has 0 saturated heterocycles. The number of anilines is 3. The molecule has 6 nitrogen and oxygen atoms in total. The maximum atomic E-state index is 12.1. The van der Waals surface area contributed by atoms with Crippen LogP contribution in [0.15, 0.2) is 71.3 Å². The summed E-state index contributed by atoms with van der Waals surface area (Å²) in [6, 6.07) is 20.6. The van der Waals surface area contributed by atoms with E-state index < -0.39 is 0 Å². The number of carbonyl (C=O) groups is 1. The van der Waals surface area contributed by atoms with E-state index in [0.717, 1.165) is 27.8 Å². The van der Waals surface area contributed by atoms with E-state index in [0.29, 0.717) is 17.1 Å². The standard InChI is InChI=1S/C21H18N4O2/c1-13-5-9-15(10-6-13)23-21(26)24-16-11-7-14(8-12-16)17-3-2-4-18-19(17)20(22)27-25-18/h2-12H,22H2,1H3,(H2,23,24,26). The normalized spacial score (nSPS) is 10.7. The number of nitrogen functional groups attached to an aromatic ring is 1. The van der Waals surface area contributed by atoms with E-state index in [1.54, 1.807) is 0 Å². The Morgan fingerprint density at radius 3 is 2.22 bits per heavy atom. The number of aromatic nitrogens is 1. The van der Waals surface area contributed by atoms with Crippen molar-refractivity contribution in [3.8, 4) is 11.1 Å². The smallest absolute Gasteiger partial charge is 0.323 e. The molecule has 27 heavy (non-hydrogen) atoms. The van der Waals surface area contributed by atoms with Crippen LogP contribution in [0.1, 0.15) is 5.56 Å². The van der Waals surface area contributed by atoms with Crippen LogP contribution in [0.25, 0.3) is 22.0 Å². The second kappa shape index (κ2) is 6.84. The zero-order chi connectivity index (χ0) is 18.8. The maximum absolute atomic E-state index is 12.1. The second-order valence-electron chi connectivity index (χ2n) is 6.27. The van der Waals surface area contributed by atoms with Gasteiger partial charge in [-0.3, -0.25) is 0 Å². The molecule has 2 amide bonds. The lowest BCUT2D eigenvalue weighted by molar-refractivity contribution is 0.262. The van der Waals surface area contributed by atoms with Crippen molar-refractivity contribution in [2.45, 2.75) is 6.92 Å². The van der Waals surface area contributed by atoms with Crippen LogP contribution in [0.2, 0.25) is 0 Å². The first-order valence-corrected chi connectivity index (χ1v) is 8.49. The number of amides is 2. The third-order valence-corrected chi connectivity index (χ3v) is 4.29. The van der Waals surface area contributed by atoms with Crippen molar-refractivity contribution in [2.24, 2.45) is 0 Å². The second-order valence-corrected chi connectivity index (χ2v) is 6.27. The average molecular weight is 358 g/mol. The van der Waals surface area contributed by atoms with Gasteiger partial charge < -0.3 is 20.9 Å². The zero-order valence-electron chi connectivity index (χ0n) is 14.7. The molecule has 6 heteroatoms. The molecule has 134 valence electrons. The van der Waals surface area contributed by atoms with Crippen LogP contribution in [-0.2, 0) is 0 Å². The van der Waals surface area contributed by atoms with Crippen molar-refractivity contribution in [3.63, 3.8) is 0 Å². The van der Waals surface area contributed by atoms with Crippen molar-refractivity contribution in [2.75, 3.05) is 16.4 Å². The SMILES string of the molecule is Cc1ccc(NC(=O)Nc2ccc(-c3cccc4noc(N)c34)cc2)cc1. The minimum absolute atomic E-state index is 0.292. The summed E-state index contributed by atoms with van der Waals surface area (Å²) in [5.74, 6) is 0.292. The molecule has 4 rings (SSSR count). The Bertz CT molecular complexity index is 1100. The summed E-state index contributed by atoms with van der Waals surface area (Å²) in [6.07, 6.45) is 0. The summed E-state index contributed by atoms with van der Waals surface area (Å²) >= 11 is 0. The molecule has 4 N–H and O–H groups in total. The summed E-state index contributed by atoms with van der Waals surface area (Å²) in [4.78, 5) is 12.1. The molecular weight excluding hydrogens is 340 g/mol. The molecular formula is C21H18N4O2. The molecule has 0 fully saturated rings. The molecule has 1 aromatic heterocycles. The Morgan fingerprint density at radius 1 is 0.926 bits per heavy atom. The number of nitrogens with two attached hydrogens (primary N) is 1. The number of fused-ring (bicyclic) bond motifs is 1. The third kappa shape index (κ3) is 3.46. The summed E-state index contributed by atoms with van der Waals surface area (Å²) in [5, 5.41) is 10.4. The van der Waals surface area contributed by atoms with E-state index >= 15 is 0 Å². The number of urea groups is 1. The van der Waals surface area contributed by atoms with Crippen molar-refractivity contribution in [3.05, 3.63) is 72.3 Å². The minimum Gasteiger partial charge on any atom is -0.367 e. The molecule has 0 radical (unpaired) electrons. The number of aryl methyl sites for hydroxylation is 1. The van der Waals surface area contributed by atoms with E-state index in [1.807, 2.05) is 73.7 Å². The Morgan fingerprint density at radius 2 is 1.56 bits per heavy atom. The van der Waals surface area contributed by atoms with Gasteiger partial charge in [-0.2, -0.15) is 0 Å². The lowest BCUT2D eigenvalue weighted by Gasteiger charge is -2.09. The number of rotatable bonds is 3. The maximum Gasteiger partial charge on any atom is 0.323 e. The van der Waals surface area contributed by atoms with Crippen molar-refractivity contribution in [1.29, 1.82) is 0 Å². The summed E-state index contributed by atoms with van der Waals surface area (Å²) in [6.45, 7) is 2.00. The van der Waals surface area contributed by atoms with Crippen LogP contribution < -0.4 is 16.4 Å². The van der Waals surface area contributed by atoms with Gasteiger partial charge in [0.25, 0.3) is 0 Å². The minimum atomic E-state index is -0.294. The first-order chi connectivity index (χ1) is 13.1. The van der Waals surface area contributed by atoms with Gasteiger partial charge in [0.2, 0.25) is 5.88 Å². The molecule has 0 aliphatic heterocycles. The van der Waals surface area contributed by atoms with Crippen LogP contribution in [0.3, 0.4) is 0 Å². The van der Waals surface area contributed by atoms with Crippen molar-refractivity contribution >= 4 is 34.2 Å². The average Bonchev–Trinajstić information content (AvgIpc) is 3.06. The fraction of sp³-hybridized carbons (Fsp3) is 0.0476. The van der Waals surface area contributed by atoms with Gasteiger partial charge in [0.15, 0.2) is 0 Å². The van der Waals surface area contributed by atoms with Gasteiger partial charge in [0.05, 0.1) is 5.39 Å². The lowest BCUT2D eigenvalue weighted by atomic mass is 10.0. The number of nitrogens with zero attached hydrogens (tertiary/aromatic N) is 1. The number of nitrogens with one attached hydrogen (secondary N) is 2. The van der Waals surface area contributed by atoms with E-state index in [1.165, 1.54) is 0 Å².